The number of hydrogen-bond donors (Lipinski definition) is 1. The third kappa shape index (κ3) is 3.70. The van der Waals surface area contributed by atoms with Gasteiger partial charge in [-0.2, -0.15) is 0 Å². The van der Waals surface area contributed by atoms with Crippen LogP contribution in [0.1, 0.15) is 12.8 Å². The third-order valence-corrected chi connectivity index (χ3v) is 1.91. The first-order chi connectivity index (χ1) is 5.43. The summed E-state index contributed by atoms with van der Waals surface area (Å²) in [5.74, 6) is 0. The van der Waals surface area contributed by atoms with Gasteiger partial charge in [-0.3, -0.25) is 4.90 Å². The van der Waals surface area contributed by atoms with Crippen molar-refractivity contribution in [2.45, 2.75) is 12.8 Å². The zero-order valence-electron chi connectivity index (χ0n) is 6.83. The molecule has 1 aliphatic heterocycles. The van der Waals surface area contributed by atoms with Crippen LogP contribution in [0, 0.1) is 6.61 Å². The number of unbranched alkanes of at least 4 members (excludes halogenated alkanes) is 1. The molecule has 0 spiro atoms. The second-order valence-electron chi connectivity index (χ2n) is 2.78. The molecule has 1 rings (SSSR count). The van der Waals surface area contributed by atoms with Gasteiger partial charge in [0, 0.05) is 13.1 Å². The number of ether oxygens (including phenoxy) is 1. The lowest BCUT2D eigenvalue weighted by atomic mass is 10.3. The summed E-state index contributed by atoms with van der Waals surface area (Å²) >= 11 is 0. The molecule has 0 amide bonds. The maximum absolute atomic E-state index is 8.43. The van der Waals surface area contributed by atoms with Crippen LogP contribution in [0.25, 0.3) is 0 Å². The zero-order valence-corrected chi connectivity index (χ0v) is 6.83. The molecule has 1 fully saturated rings. The fraction of sp³-hybridized carbons (Fsp3) is 0.875. The number of rotatable bonds is 4. The van der Waals surface area contributed by atoms with Crippen molar-refractivity contribution in [3.63, 3.8) is 0 Å². The van der Waals surface area contributed by atoms with Crippen molar-refractivity contribution in [3.8, 4) is 0 Å². The predicted molar refractivity (Wildman–Crippen MR) is 42.7 cm³/mol. The van der Waals surface area contributed by atoms with Crippen LogP contribution < -0.4 is 0 Å². The first kappa shape index (κ1) is 8.97. The summed E-state index contributed by atoms with van der Waals surface area (Å²) in [7, 11) is 0. The van der Waals surface area contributed by atoms with Crippen LogP contribution in [-0.2, 0) is 4.74 Å². The minimum Gasteiger partial charge on any atom is -0.390 e. The summed E-state index contributed by atoms with van der Waals surface area (Å²) in [5.41, 5.74) is 0. The quantitative estimate of drug-likeness (QED) is 0.609. The van der Waals surface area contributed by atoms with Gasteiger partial charge in [0.1, 0.15) is 0 Å². The van der Waals surface area contributed by atoms with Gasteiger partial charge >= 0.3 is 0 Å². The number of hydrogen-bond acceptors (Lipinski definition) is 3. The first-order valence-corrected chi connectivity index (χ1v) is 4.19. The van der Waals surface area contributed by atoms with Crippen molar-refractivity contribution in [1.82, 2.24) is 4.90 Å². The number of nitrogens with zero attached hydrogens (tertiary/aromatic N) is 1. The molecule has 1 aliphatic rings. The average molecular weight is 158 g/mol. The molecule has 1 heterocycles. The van der Waals surface area contributed by atoms with E-state index in [2.05, 4.69) is 4.90 Å². The van der Waals surface area contributed by atoms with Gasteiger partial charge in [-0.1, -0.05) is 0 Å². The Labute approximate surface area is 68.0 Å². The Hall–Kier alpha value is -0.120. The monoisotopic (exact) mass is 158 g/mol. The highest BCUT2D eigenvalue weighted by atomic mass is 16.5. The minimum atomic E-state index is 0.803. The van der Waals surface area contributed by atoms with Gasteiger partial charge in [-0.15, -0.1) is 0 Å². The van der Waals surface area contributed by atoms with E-state index in [-0.39, 0.29) is 0 Å². The van der Waals surface area contributed by atoms with Gasteiger partial charge in [0.05, 0.1) is 19.8 Å². The summed E-state index contributed by atoms with van der Waals surface area (Å²) in [6, 6.07) is 0. The summed E-state index contributed by atoms with van der Waals surface area (Å²) < 4.78 is 5.21. The van der Waals surface area contributed by atoms with Crippen LogP contribution in [0.4, 0.5) is 0 Å². The van der Waals surface area contributed by atoms with Crippen LogP contribution in [0.2, 0.25) is 0 Å². The van der Waals surface area contributed by atoms with Crippen LogP contribution in [0.15, 0.2) is 0 Å². The molecule has 3 heteroatoms. The molecular weight excluding hydrogens is 142 g/mol. The fourth-order valence-electron chi connectivity index (χ4n) is 1.23. The standard InChI is InChI=1S/C8H16NO2/c10-6-2-1-3-9-4-7-11-8-5-9/h6,10H,1-5,7-8H2. The Bertz CT molecular complexity index is 92.1. The molecule has 0 aliphatic carbocycles. The van der Waals surface area contributed by atoms with Crippen LogP contribution in [0.5, 0.6) is 0 Å². The van der Waals surface area contributed by atoms with Gasteiger partial charge in [0.2, 0.25) is 0 Å². The zero-order chi connectivity index (χ0) is 7.94. The molecule has 0 aromatic heterocycles. The molecule has 1 radical (unpaired) electrons. The first-order valence-electron chi connectivity index (χ1n) is 4.19. The van der Waals surface area contributed by atoms with E-state index in [4.69, 9.17) is 9.84 Å². The molecule has 0 aromatic carbocycles. The van der Waals surface area contributed by atoms with Crippen molar-refractivity contribution in [3.05, 3.63) is 6.61 Å². The molecule has 0 atom stereocenters. The largest absolute Gasteiger partial charge is 0.390 e. The molecule has 0 unspecified atom stereocenters. The maximum atomic E-state index is 8.43. The van der Waals surface area contributed by atoms with Crippen molar-refractivity contribution in [1.29, 1.82) is 0 Å². The van der Waals surface area contributed by atoms with E-state index < -0.39 is 0 Å². The summed E-state index contributed by atoms with van der Waals surface area (Å²) in [6.45, 7) is 6.14. The summed E-state index contributed by atoms with van der Waals surface area (Å²) in [6.07, 6.45) is 1.86. The third-order valence-electron chi connectivity index (χ3n) is 1.91. The molecule has 0 aromatic rings. The number of morpholine rings is 1. The lowest BCUT2D eigenvalue weighted by Gasteiger charge is -2.26. The Morgan fingerprint density at radius 2 is 2.09 bits per heavy atom. The lowest BCUT2D eigenvalue weighted by molar-refractivity contribution is 0.0371. The molecule has 1 N–H and O–H groups in total. The Kier molecular flexibility index (Phi) is 4.50. The Balaban J connectivity index is 1.96. The van der Waals surface area contributed by atoms with E-state index in [0.717, 1.165) is 45.7 Å². The second-order valence-corrected chi connectivity index (χ2v) is 2.78. The Morgan fingerprint density at radius 1 is 1.36 bits per heavy atom. The lowest BCUT2D eigenvalue weighted by Crippen LogP contribution is -2.36. The van der Waals surface area contributed by atoms with Gasteiger partial charge in [0.25, 0.3) is 0 Å². The van der Waals surface area contributed by atoms with E-state index in [9.17, 15) is 0 Å². The molecule has 0 bridgehead atoms. The predicted octanol–water partition coefficient (Wildman–Crippen LogP) is 0.633. The van der Waals surface area contributed by atoms with E-state index in [1.54, 1.807) is 0 Å². The number of aliphatic hydroxyl groups is 1. The minimum absolute atomic E-state index is 0.803. The fourth-order valence-corrected chi connectivity index (χ4v) is 1.23. The van der Waals surface area contributed by atoms with E-state index in [1.165, 1.54) is 6.61 Å². The highest BCUT2D eigenvalue weighted by Crippen LogP contribution is 2.00. The molecular formula is C8H16NO2. The topological polar surface area (TPSA) is 32.7 Å². The van der Waals surface area contributed by atoms with Crippen molar-refractivity contribution < 1.29 is 9.84 Å². The van der Waals surface area contributed by atoms with Crippen molar-refractivity contribution in [2.75, 3.05) is 32.8 Å². The summed E-state index contributed by atoms with van der Waals surface area (Å²) in [4.78, 5) is 2.37. The SMILES string of the molecule is O[CH]CCCN1CCOCC1. The van der Waals surface area contributed by atoms with Crippen LogP contribution in [-0.4, -0.2) is 42.9 Å². The van der Waals surface area contributed by atoms with Gasteiger partial charge in [-0.25, -0.2) is 0 Å². The van der Waals surface area contributed by atoms with Crippen LogP contribution >= 0.6 is 0 Å². The van der Waals surface area contributed by atoms with E-state index in [0.29, 0.717) is 0 Å². The maximum Gasteiger partial charge on any atom is 0.0799 e. The smallest absolute Gasteiger partial charge is 0.0799 e. The van der Waals surface area contributed by atoms with Crippen molar-refractivity contribution >= 4 is 0 Å². The van der Waals surface area contributed by atoms with E-state index in [1.807, 2.05) is 0 Å². The Morgan fingerprint density at radius 3 is 2.73 bits per heavy atom. The van der Waals surface area contributed by atoms with E-state index >= 15 is 0 Å². The molecule has 3 nitrogen and oxygen atoms in total. The van der Waals surface area contributed by atoms with Gasteiger partial charge < -0.3 is 9.84 Å². The molecule has 1 saturated heterocycles. The van der Waals surface area contributed by atoms with Gasteiger partial charge in [-0.05, 0) is 19.4 Å². The molecule has 11 heavy (non-hydrogen) atoms. The molecule has 0 saturated carbocycles. The summed E-state index contributed by atoms with van der Waals surface area (Å²) in [5, 5.41) is 8.43. The van der Waals surface area contributed by atoms with Gasteiger partial charge in [0.15, 0.2) is 0 Å². The van der Waals surface area contributed by atoms with Crippen molar-refractivity contribution in [2.24, 2.45) is 0 Å². The second kappa shape index (κ2) is 5.52. The average Bonchev–Trinajstić information content (AvgIpc) is 2.07. The normalized spacial score (nSPS) is 20.5. The molecule has 65 valence electrons. The highest BCUT2D eigenvalue weighted by molar-refractivity contribution is 4.62. The number of aliphatic hydroxyl groups excluding tert-OH is 1. The van der Waals surface area contributed by atoms with Crippen LogP contribution in [0.3, 0.4) is 0 Å². The highest BCUT2D eigenvalue weighted by Gasteiger charge is 2.08.